The Balaban J connectivity index is 1.27. The van der Waals surface area contributed by atoms with Crippen LogP contribution in [0.15, 0.2) is 83.8 Å². The summed E-state index contributed by atoms with van der Waals surface area (Å²) in [5, 5.41) is 0. The lowest BCUT2D eigenvalue weighted by atomic mass is 9.53. The Morgan fingerprint density at radius 3 is 1.96 bits per heavy atom. The maximum absolute atomic E-state index is 15.6. The second-order valence-corrected chi connectivity index (χ2v) is 23.2. The number of anilines is 1. The van der Waals surface area contributed by atoms with Gasteiger partial charge in [-0.25, -0.2) is 12.7 Å². The van der Waals surface area contributed by atoms with E-state index in [1.54, 1.807) is 66.4 Å². The summed E-state index contributed by atoms with van der Waals surface area (Å²) < 4.78 is 38.1. The third-order valence-corrected chi connectivity index (χ3v) is 23.3. The van der Waals surface area contributed by atoms with Gasteiger partial charge in [-0.1, -0.05) is 100.0 Å². The van der Waals surface area contributed by atoms with Crippen molar-refractivity contribution >= 4 is 82.5 Å². The highest BCUT2D eigenvalue weighted by atomic mass is 33.1. The summed E-state index contributed by atoms with van der Waals surface area (Å²) in [7, 11) is 5.87. The molecule has 2 spiro atoms. The molecule has 3 aromatic rings. The number of hydrogen-bond acceptors (Lipinski definition) is 11. The van der Waals surface area contributed by atoms with Crippen LogP contribution in [-0.4, -0.2) is 111 Å². The lowest BCUT2D eigenvalue weighted by molar-refractivity contribution is -0.167. The van der Waals surface area contributed by atoms with Gasteiger partial charge in [-0.15, -0.1) is 0 Å². The minimum absolute atomic E-state index is 0.0454. The monoisotopic (exact) mass is 847 g/mol. The van der Waals surface area contributed by atoms with Crippen LogP contribution in [0.2, 0.25) is 0 Å². The van der Waals surface area contributed by atoms with Crippen LogP contribution in [0.5, 0.6) is 0 Å². The average Bonchev–Trinajstić information content (AvgIpc) is 3.89. The second-order valence-electron chi connectivity index (χ2n) is 16.0. The van der Waals surface area contributed by atoms with Crippen molar-refractivity contribution in [1.29, 1.82) is 0 Å². The molecule has 56 heavy (non-hydrogen) atoms. The van der Waals surface area contributed by atoms with Crippen molar-refractivity contribution in [3.63, 3.8) is 0 Å². The summed E-state index contributed by atoms with van der Waals surface area (Å²) in [6.07, 6.45) is -0.183. The molecule has 0 radical (unpaired) electrons. The van der Waals surface area contributed by atoms with Gasteiger partial charge >= 0.3 is 0 Å². The van der Waals surface area contributed by atoms with Gasteiger partial charge in [0.1, 0.15) is 6.17 Å². The Morgan fingerprint density at radius 2 is 1.27 bits per heavy atom. The molecule has 8 saturated heterocycles. The van der Waals surface area contributed by atoms with E-state index in [2.05, 4.69) is 12.1 Å². The molecule has 1 unspecified atom stereocenters. The first-order valence-electron chi connectivity index (χ1n) is 18.5. The fourth-order valence-electron chi connectivity index (χ4n) is 11.9. The molecular formula is C39H37N5O7S5. The van der Waals surface area contributed by atoms with Crippen LogP contribution < -0.4 is 4.31 Å². The number of rotatable bonds is 6. The quantitative estimate of drug-likeness (QED) is 0.329. The normalized spacial score (nSPS) is 38.6. The molecule has 12 nitrogen and oxygen atoms in total. The van der Waals surface area contributed by atoms with Gasteiger partial charge in [0.05, 0.1) is 22.6 Å². The van der Waals surface area contributed by atoms with Gasteiger partial charge in [0.2, 0.25) is 4.87 Å². The first-order valence-corrected chi connectivity index (χ1v) is 24.3. The number of carbonyl (C=O) groups excluding carboxylic acids is 4. The number of hydrogen-bond donors (Lipinski definition) is 0. The minimum Gasteiger partial charge on any atom is -0.381 e. The van der Waals surface area contributed by atoms with Crippen molar-refractivity contribution in [2.24, 2.45) is 0 Å². The molecule has 1 aliphatic carbocycles. The van der Waals surface area contributed by atoms with E-state index in [0.717, 1.165) is 11.1 Å². The van der Waals surface area contributed by atoms with E-state index in [4.69, 9.17) is 4.74 Å². The molecule has 0 aromatic heterocycles. The van der Waals surface area contributed by atoms with Crippen LogP contribution in [0, 0.1) is 0 Å². The highest BCUT2D eigenvalue weighted by Gasteiger charge is 2.88. The van der Waals surface area contributed by atoms with E-state index < -0.39 is 58.5 Å². The molecule has 290 valence electrons. The number of carbonyl (C=O) groups is 4. The topological polar surface area (TPSA) is 128 Å². The Morgan fingerprint density at radius 1 is 0.696 bits per heavy atom. The maximum Gasteiger partial charge on any atom is 0.266 e. The van der Waals surface area contributed by atoms with Gasteiger partial charge in [0.25, 0.3) is 33.7 Å². The molecule has 9 aliphatic heterocycles. The van der Waals surface area contributed by atoms with Crippen LogP contribution in [-0.2, 0) is 51.2 Å². The van der Waals surface area contributed by atoms with Crippen LogP contribution in [0.25, 0.3) is 0 Å². The molecule has 8 fully saturated rings. The fraction of sp³-hybridized carbons (Fsp3) is 0.436. The molecule has 0 saturated carbocycles. The van der Waals surface area contributed by atoms with Crippen molar-refractivity contribution in [3.8, 4) is 0 Å². The number of piperazine rings is 2. The van der Waals surface area contributed by atoms with Crippen LogP contribution in [0.4, 0.5) is 5.69 Å². The summed E-state index contributed by atoms with van der Waals surface area (Å²) in [4.78, 5) is 62.3. The molecule has 3 aromatic carbocycles. The van der Waals surface area contributed by atoms with Gasteiger partial charge in [-0.05, 0) is 58.5 Å². The number of benzene rings is 3. The number of amides is 4. The highest BCUT2D eigenvalue weighted by molar-refractivity contribution is 8.78. The Kier molecular flexibility index (Phi) is 7.04. The minimum atomic E-state index is -4.42. The summed E-state index contributed by atoms with van der Waals surface area (Å²) >= 11 is 0. The van der Waals surface area contributed by atoms with Gasteiger partial charge in [-0.2, -0.15) is 0 Å². The summed E-state index contributed by atoms with van der Waals surface area (Å²) in [5.41, 5.74) is 0.538. The fourth-order valence-corrected chi connectivity index (χ4v) is 21.2. The molecule has 10 aliphatic rings. The third kappa shape index (κ3) is 3.51. The standard InChI is InChI=1S/C39H37N5O7S5/c1-5-36-32(47)42-28-19-23-13-9-10-16-25(23)34(28,20-37(42,53-52-36)30(45)40(36)2)35-21-38-31(46)41(3)39(22-51-4,55-54-38)33(48)43(38)29(35)44(27-18-12-11-17-26(27)35)56(49,50)24-14-7-6-8-15-24/h6-18,28-29H,5,19-22H2,1-4H3/t28-,29-,34?,35-,36-,37-,38-,39-/m0/s1. The summed E-state index contributed by atoms with van der Waals surface area (Å²) in [6.45, 7) is 1.82. The van der Waals surface area contributed by atoms with E-state index in [1.165, 1.54) is 59.5 Å². The first-order chi connectivity index (χ1) is 26.8. The highest BCUT2D eigenvalue weighted by Crippen LogP contribution is 2.80. The van der Waals surface area contributed by atoms with Crippen molar-refractivity contribution < 1.29 is 32.3 Å². The summed E-state index contributed by atoms with van der Waals surface area (Å²) in [6, 6.07) is 23.0. The lowest BCUT2D eigenvalue weighted by Crippen LogP contribution is -2.78. The van der Waals surface area contributed by atoms with E-state index >= 15 is 27.6 Å². The van der Waals surface area contributed by atoms with Crippen LogP contribution in [0.3, 0.4) is 0 Å². The second kappa shape index (κ2) is 11.0. The zero-order chi connectivity index (χ0) is 39.0. The van der Waals surface area contributed by atoms with Crippen LogP contribution in [0.1, 0.15) is 42.9 Å². The van der Waals surface area contributed by atoms with Gasteiger partial charge in [-0.3, -0.25) is 24.1 Å². The van der Waals surface area contributed by atoms with Gasteiger partial charge in [0, 0.05) is 45.5 Å². The smallest absolute Gasteiger partial charge is 0.266 e. The van der Waals surface area contributed by atoms with Crippen molar-refractivity contribution in [3.05, 3.63) is 95.6 Å². The third-order valence-electron chi connectivity index (χ3n) is 14.2. The molecular weight excluding hydrogens is 811 g/mol. The molecule has 4 amide bonds. The number of ether oxygens (including phenoxy) is 1. The van der Waals surface area contributed by atoms with E-state index in [-0.39, 0.29) is 42.1 Å². The van der Waals surface area contributed by atoms with Gasteiger partial charge in [0.15, 0.2) is 14.6 Å². The number of methoxy groups -OCH3 is 1. The van der Waals surface area contributed by atoms with Crippen LogP contribution >= 0.6 is 43.2 Å². The van der Waals surface area contributed by atoms with E-state index in [1.807, 2.05) is 36.1 Å². The lowest BCUT2D eigenvalue weighted by Gasteiger charge is -2.58. The van der Waals surface area contributed by atoms with Crippen molar-refractivity contribution in [2.75, 3.05) is 32.1 Å². The Hall–Kier alpha value is -3.35. The van der Waals surface area contributed by atoms with Crippen molar-refractivity contribution in [2.45, 2.75) is 80.0 Å². The molecule has 9 heterocycles. The van der Waals surface area contributed by atoms with E-state index in [9.17, 15) is 0 Å². The number of sulfonamides is 1. The number of fused-ring (bicyclic) bond motifs is 11. The van der Waals surface area contributed by atoms with E-state index in [0.29, 0.717) is 24.1 Å². The number of para-hydroxylation sites is 1. The van der Waals surface area contributed by atoms with Gasteiger partial charge < -0.3 is 19.4 Å². The molecule has 17 heteroatoms. The average molecular weight is 848 g/mol. The largest absolute Gasteiger partial charge is 0.381 e. The van der Waals surface area contributed by atoms with Crippen molar-refractivity contribution in [1.82, 2.24) is 19.6 Å². The predicted molar refractivity (Wildman–Crippen MR) is 216 cm³/mol. The molecule has 4 bridgehead atoms. The molecule has 13 rings (SSSR count). The Bertz CT molecular complexity index is 2460. The SMILES string of the molecule is CC[C@]12SS[C@@]3(CC4([C@]56C[C@@]78SS[C@@](COC)(C(=O)N7[C@H]5N(S(=O)(=O)c5ccccc5)c5ccccc56)N(C)C8=O)c5ccccc5C[C@@H]4N3C1=O)C(=O)N2C. The Labute approximate surface area is 340 Å². The molecule has 0 N–H and O–H groups in total. The summed E-state index contributed by atoms with van der Waals surface area (Å²) in [5.74, 6) is -1.01. The number of nitrogens with zero attached hydrogens (tertiary/aromatic N) is 5. The first kappa shape index (κ1) is 35.8. The predicted octanol–water partition coefficient (Wildman–Crippen LogP) is 4.36. The zero-order valence-corrected chi connectivity index (χ0v) is 34.9. The number of likely N-dealkylation sites (N-methyl/N-ethyl adjacent to an activating group) is 2. The molecule has 8 atom stereocenters. The zero-order valence-electron chi connectivity index (χ0n) is 30.8. The maximum atomic E-state index is 15.6.